The third-order valence-electron chi connectivity index (χ3n) is 1.46. The highest BCUT2D eigenvalue weighted by molar-refractivity contribution is 5.78. The van der Waals surface area contributed by atoms with E-state index in [-0.39, 0.29) is 0 Å². The fourth-order valence-corrected chi connectivity index (χ4v) is 0.995. The number of hydrogen-bond acceptors (Lipinski definition) is 1. The van der Waals surface area contributed by atoms with Crippen LogP contribution in [0.2, 0.25) is 0 Å². The van der Waals surface area contributed by atoms with Crippen molar-refractivity contribution >= 4 is 10.9 Å². The van der Waals surface area contributed by atoms with Crippen LogP contribution in [0.25, 0.3) is 10.9 Å². The van der Waals surface area contributed by atoms with Gasteiger partial charge in [0, 0.05) is 25.9 Å². The quantitative estimate of drug-likeness (QED) is 0.681. The summed E-state index contributed by atoms with van der Waals surface area (Å²) in [6.07, 6.45) is 1.95. The predicted octanol–water partition coefficient (Wildman–Crippen LogP) is 3.46. The Morgan fingerprint density at radius 1 is 1.00 bits per heavy atom. The number of methoxy groups -OCH3 is 1. The van der Waals surface area contributed by atoms with Crippen molar-refractivity contribution < 1.29 is 4.74 Å². The maximum absolute atomic E-state index is 4.25. The van der Waals surface area contributed by atoms with Crippen LogP contribution in [-0.4, -0.2) is 19.2 Å². The monoisotopic (exact) mass is 193 g/mol. The summed E-state index contributed by atoms with van der Waals surface area (Å²) in [5.41, 5.74) is 1.21. The number of para-hydroxylation sites is 1. The van der Waals surface area contributed by atoms with E-state index in [1.807, 2.05) is 32.2 Å². The first kappa shape index (κ1) is 12.7. The largest absolute Gasteiger partial charge is 0.388 e. The second-order valence-corrected chi connectivity index (χ2v) is 2.47. The molecule has 0 atom stereocenters. The van der Waals surface area contributed by atoms with Crippen molar-refractivity contribution in [3.8, 4) is 0 Å². The summed E-state index contributed by atoms with van der Waals surface area (Å²) in [7, 11) is 3.25. The van der Waals surface area contributed by atoms with Crippen LogP contribution in [0.1, 0.15) is 13.8 Å². The van der Waals surface area contributed by atoms with Crippen molar-refractivity contribution in [2.45, 2.75) is 13.8 Å². The summed E-state index contributed by atoms with van der Waals surface area (Å²) in [5, 5.41) is 1.28. The van der Waals surface area contributed by atoms with Crippen LogP contribution in [0.15, 0.2) is 36.5 Å². The van der Waals surface area contributed by atoms with Crippen LogP contribution in [0, 0.1) is 0 Å². The summed E-state index contributed by atoms with van der Waals surface area (Å²) in [6, 6.07) is 10.3. The van der Waals surface area contributed by atoms with Gasteiger partial charge in [-0.1, -0.05) is 32.0 Å². The van der Waals surface area contributed by atoms with Crippen molar-refractivity contribution in [2.24, 2.45) is 0 Å². The van der Waals surface area contributed by atoms with Gasteiger partial charge in [-0.2, -0.15) is 0 Å². The van der Waals surface area contributed by atoms with Crippen molar-refractivity contribution in [3.63, 3.8) is 0 Å². The van der Waals surface area contributed by atoms with Crippen LogP contribution in [0.5, 0.6) is 0 Å². The highest BCUT2D eigenvalue weighted by Crippen LogP contribution is 2.09. The number of hydrogen-bond donors (Lipinski definition) is 1. The van der Waals surface area contributed by atoms with Crippen molar-refractivity contribution in [1.82, 2.24) is 4.98 Å². The lowest BCUT2D eigenvalue weighted by Crippen LogP contribution is -1.61. The standard InChI is InChI=1S/C8H7N.C2H6O.C2H6/c1-2-4-8-7(3-1)5-6-9-8;1-3-2;1-2/h1-6,9H;1-2H3;1-2H3. The van der Waals surface area contributed by atoms with Crippen LogP contribution in [-0.2, 0) is 4.74 Å². The van der Waals surface area contributed by atoms with Gasteiger partial charge >= 0.3 is 0 Å². The number of nitrogens with one attached hydrogen (secondary N) is 1. The summed E-state index contributed by atoms with van der Waals surface area (Å²) in [6.45, 7) is 4.00. The molecule has 78 valence electrons. The Balaban J connectivity index is 0.000000294. The average molecular weight is 193 g/mol. The molecule has 0 saturated heterocycles. The molecule has 0 aliphatic heterocycles. The Morgan fingerprint density at radius 2 is 1.57 bits per heavy atom. The van der Waals surface area contributed by atoms with Gasteiger partial charge in [-0.3, -0.25) is 0 Å². The van der Waals surface area contributed by atoms with E-state index in [9.17, 15) is 0 Å². The number of ether oxygens (including phenoxy) is 1. The zero-order chi connectivity index (χ0) is 10.8. The SMILES string of the molecule is CC.COC.c1ccc2[nH]ccc2c1. The molecule has 0 bridgehead atoms. The van der Waals surface area contributed by atoms with Gasteiger partial charge in [-0.15, -0.1) is 0 Å². The normalized spacial score (nSPS) is 8.29. The minimum Gasteiger partial charge on any atom is -0.388 e. The van der Waals surface area contributed by atoms with E-state index in [4.69, 9.17) is 0 Å². The molecule has 1 N–H and O–H groups in total. The number of rotatable bonds is 0. The maximum atomic E-state index is 4.25. The molecule has 0 spiro atoms. The number of H-pyrrole nitrogens is 1. The van der Waals surface area contributed by atoms with Gasteiger partial charge in [0.05, 0.1) is 0 Å². The molecule has 0 fully saturated rings. The number of benzene rings is 1. The van der Waals surface area contributed by atoms with Crippen LogP contribution in [0.4, 0.5) is 0 Å². The molecule has 2 nitrogen and oxygen atoms in total. The van der Waals surface area contributed by atoms with E-state index in [0.29, 0.717) is 0 Å². The Kier molecular flexibility index (Phi) is 7.56. The minimum atomic E-state index is 1.21. The Hall–Kier alpha value is -1.28. The van der Waals surface area contributed by atoms with Gasteiger partial charge in [0.25, 0.3) is 0 Å². The molecular weight excluding hydrogens is 174 g/mol. The summed E-state index contributed by atoms with van der Waals surface area (Å²) >= 11 is 0. The smallest absolute Gasteiger partial charge is 0.0453 e. The van der Waals surface area contributed by atoms with E-state index in [0.717, 1.165) is 0 Å². The number of fused-ring (bicyclic) bond motifs is 1. The van der Waals surface area contributed by atoms with Gasteiger partial charge in [-0.05, 0) is 17.5 Å². The summed E-state index contributed by atoms with van der Waals surface area (Å²) in [4.78, 5) is 3.12. The average Bonchev–Trinajstić information content (AvgIpc) is 2.69. The van der Waals surface area contributed by atoms with Gasteiger partial charge in [0.2, 0.25) is 0 Å². The highest BCUT2D eigenvalue weighted by atomic mass is 16.4. The van der Waals surface area contributed by atoms with Gasteiger partial charge in [0.15, 0.2) is 0 Å². The molecule has 0 radical (unpaired) electrons. The first-order chi connectivity index (χ1) is 6.88. The van der Waals surface area contributed by atoms with Gasteiger partial charge < -0.3 is 9.72 Å². The number of aromatic nitrogens is 1. The first-order valence-corrected chi connectivity index (χ1v) is 4.80. The van der Waals surface area contributed by atoms with Crippen LogP contribution in [0.3, 0.4) is 0 Å². The highest BCUT2D eigenvalue weighted by Gasteiger charge is 1.86. The van der Waals surface area contributed by atoms with Crippen molar-refractivity contribution in [2.75, 3.05) is 14.2 Å². The van der Waals surface area contributed by atoms with Gasteiger partial charge in [-0.25, -0.2) is 0 Å². The maximum Gasteiger partial charge on any atom is 0.0453 e. The van der Waals surface area contributed by atoms with E-state index in [1.54, 1.807) is 14.2 Å². The van der Waals surface area contributed by atoms with Crippen molar-refractivity contribution in [3.05, 3.63) is 36.5 Å². The molecule has 0 saturated carbocycles. The lowest BCUT2D eigenvalue weighted by Gasteiger charge is -1.83. The predicted molar refractivity (Wildman–Crippen MR) is 62.6 cm³/mol. The molecular formula is C12H19NO. The first-order valence-electron chi connectivity index (χ1n) is 4.80. The summed E-state index contributed by atoms with van der Waals surface area (Å²) < 4.78 is 4.25. The zero-order valence-electron chi connectivity index (χ0n) is 9.37. The Labute approximate surface area is 85.9 Å². The third-order valence-corrected chi connectivity index (χ3v) is 1.46. The molecule has 2 aromatic rings. The number of aromatic amines is 1. The van der Waals surface area contributed by atoms with E-state index < -0.39 is 0 Å². The molecule has 1 aromatic heterocycles. The third kappa shape index (κ3) is 4.10. The Bertz CT molecular complexity index is 297. The zero-order valence-corrected chi connectivity index (χ0v) is 9.37. The molecule has 0 amide bonds. The second-order valence-electron chi connectivity index (χ2n) is 2.47. The van der Waals surface area contributed by atoms with E-state index in [2.05, 4.69) is 27.9 Å². The molecule has 14 heavy (non-hydrogen) atoms. The molecule has 0 aliphatic rings. The van der Waals surface area contributed by atoms with E-state index >= 15 is 0 Å². The molecule has 1 heterocycles. The minimum absolute atomic E-state index is 1.21. The van der Waals surface area contributed by atoms with Gasteiger partial charge in [0.1, 0.15) is 0 Å². The Morgan fingerprint density at radius 3 is 2.14 bits per heavy atom. The molecule has 1 aromatic carbocycles. The van der Waals surface area contributed by atoms with E-state index in [1.165, 1.54) is 10.9 Å². The molecule has 2 rings (SSSR count). The second kappa shape index (κ2) is 8.32. The molecule has 2 heteroatoms. The lowest BCUT2D eigenvalue weighted by atomic mass is 10.3. The lowest BCUT2D eigenvalue weighted by molar-refractivity contribution is 0.277. The fraction of sp³-hybridized carbons (Fsp3) is 0.333. The van der Waals surface area contributed by atoms with Crippen molar-refractivity contribution in [1.29, 1.82) is 0 Å². The fourth-order valence-electron chi connectivity index (χ4n) is 0.995. The molecule has 0 unspecified atom stereocenters. The topological polar surface area (TPSA) is 25.0 Å². The van der Waals surface area contributed by atoms with Crippen LogP contribution < -0.4 is 0 Å². The molecule has 0 aliphatic carbocycles. The summed E-state index contributed by atoms with van der Waals surface area (Å²) in [5.74, 6) is 0. The van der Waals surface area contributed by atoms with Crippen LogP contribution >= 0.6 is 0 Å².